The zero-order valence-electron chi connectivity index (χ0n) is 16.8. The van der Waals surface area contributed by atoms with Gasteiger partial charge in [0.1, 0.15) is 6.04 Å². The van der Waals surface area contributed by atoms with Gasteiger partial charge in [-0.15, -0.1) is 0 Å². The van der Waals surface area contributed by atoms with Gasteiger partial charge in [0.25, 0.3) is 0 Å². The smallest absolute Gasteiger partial charge is 0.329 e. The average Bonchev–Trinajstić information content (AvgIpc) is 2.66. The highest BCUT2D eigenvalue weighted by Gasteiger charge is 2.29. The second-order valence-electron chi connectivity index (χ2n) is 7.26. The molecule has 0 radical (unpaired) electrons. The maximum absolute atomic E-state index is 12.6. The van der Waals surface area contributed by atoms with E-state index in [0.717, 1.165) is 11.1 Å². The SMILES string of the molecule is Cc1ccc(C(=O)[C@@H](C)OC(=O)[C@@H](NC(=O)Cc2ccccc2)C(C)C)cc1. The maximum atomic E-state index is 12.6. The fraction of sp³-hybridized carbons (Fsp3) is 0.348. The van der Waals surface area contributed by atoms with E-state index >= 15 is 0 Å². The molecule has 0 unspecified atom stereocenters. The maximum Gasteiger partial charge on any atom is 0.329 e. The minimum atomic E-state index is -0.928. The normalized spacial score (nSPS) is 12.9. The van der Waals surface area contributed by atoms with Gasteiger partial charge in [-0.25, -0.2) is 4.79 Å². The fourth-order valence-electron chi connectivity index (χ4n) is 2.76. The van der Waals surface area contributed by atoms with E-state index in [-0.39, 0.29) is 24.0 Å². The van der Waals surface area contributed by atoms with Gasteiger partial charge in [0.05, 0.1) is 6.42 Å². The molecule has 148 valence electrons. The number of ether oxygens (including phenoxy) is 1. The zero-order chi connectivity index (χ0) is 20.7. The lowest BCUT2D eigenvalue weighted by atomic mass is 10.0. The van der Waals surface area contributed by atoms with Crippen molar-refractivity contribution in [3.63, 3.8) is 0 Å². The summed E-state index contributed by atoms with van der Waals surface area (Å²) in [6.07, 6.45) is -0.752. The summed E-state index contributed by atoms with van der Waals surface area (Å²) in [5.74, 6) is -1.32. The average molecular weight is 381 g/mol. The van der Waals surface area contributed by atoms with Gasteiger partial charge < -0.3 is 10.1 Å². The third kappa shape index (κ3) is 6.05. The molecule has 0 spiro atoms. The molecule has 1 amide bonds. The number of esters is 1. The van der Waals surface area contributed by atoms with Crippen molar-refractivity contribution in [2.45, 2.75) is 46.3 Å². The topological polar surface area (TPSA) is 72.5 Å². The van der Waals surface area contributed by atoms with Crippen LogP contribution in [-0.4, -0.2) is 29.8 Å². The number of amides is 1. The highest BCUT2D eigenvalue weighted by molar-refractivity contribution is 6.00. The molecular weight excluding hydrogens is 354 g/mol. The van der Waals surface area contributed by atoms with Crippen LogP contribution in [0.1, 0.15) is 42.3 Å². The second-order valence-corrected chi connectivity index (χ2v) is 7.26. The van der Waals surface area contributed by atoms with E-state index in [9.17, 15) is 14.4 Å². The molecule has 0 aliphatic carbocycles. The molecule has 1 N–H and O–H groups in total. The quantitative estimate of drug-likeness (QED) is 0.561. The lowest BCUT2D eigenvalue weighted by Gasteiger charge is -2.23. The van der Waals surface area contributed by atoms with Crippen LogP contribution in [0.5, 0.6) is 0 Å². The number of benzene rings is 2. The highest BCUT2D eigenvalue weighted by atomic mass is 16.5. The molecule has 28 heavy (non-hydrogen) atoms. The van der Waals surface area contributed by atoms with Crippen molar-refractivity contribution < 1.29 is 19.1 Å². The van der Waals surface area contributed by atoms with Gasteiger partial charge in [-0.05, 0) is 25.3 Å². The third-order valence-electron chi connectivity index (χ3n) is 4.44. The van der Waals surface area contributed by atoms with Gasteiger partial charge in [0, 0.05) is 5.56 Å². The van der Waals surface area contributed by atoms with E-state index in [1.165, 1.54) is 0 Å². The molecule has 2 atom stereocenters. The molecular formula is C23H27NO4. The van der Waals surface area contributed by atoms with Crippen LogP contribution in [-0.2, 0) is 20.7 Å². The van der Waals surface area contributed by atoms with Crippen LogP contribution in [0.4, 0.5) is 0 Å². The van der Waals surface area contributed by atoms with Crippen LogP contribution in [0.3, 0.4) is 0 Å². The molecule has 0 aliphatic heterocycles. The Labute approximate surface area is 166 Å². The summed E-state index contributed by atoms with van der Waals surface area (Å²) >= 11 is 0. The second kappa shape index (κ2) is 9.83. The van der Waals surface area contributed by atoms with Crippen LogP contribution in [0, 0.1) is 12.8 Å². The zero-order valence-corrected chi connectivity index (χ0v) is 16.8. The minimum absolute atomic E-state index is 0.172. The lowest BCUT2D eigenvalue weighted by Crippen LogP contribution is -2.47. The van der Waals surface area contributed by atoms with Gasteiger partial charge in [0.15, 0.2) is 6.10 Å². The molecule has 0 fully saturated rings. The number of hydrogen-bond donors (Lipinski definition) is 1. The van der Waals surface area contributed by atoms with Crippen molar-refractivity contribution in [3.8, 4) is 0 Å². The molecule has 0 saturated carbocycles. The van der Waals surface area contributed by atoms with Crippen molar-refractivity contribution >= 4 is 17.7 Å². The first kappa shape index (κ1) is 21.4. The Kier molecular flexibility index (Phi) is 7.50. The van der Waals surface area contributed by atoms with Crippen molar-refractivity contribution in [2.24, 2.45) is 5.92 Å². The van der Waals surface area contributed by atoms with Crippen LogP contribution >= 0.6 is 0 Å². The van der Waals surface area contributed by atoms with Gasteiger partial charge >= 0.3 is 5.97 Å². The van der Waals surface area contributed by atoms with E-state index in [1.807, 2.05) is 63.2 Å². The summed E-state index contributed by atoms with van der Waals surface area (Å²) in [5, 5.41) is 2.73. The Balaban J connectivity index is 1.98. The molecule has 0 bridgehead atoms. The largest absolute Gasteiger partial charge is 0.453 e. The molecule has 0 heterocycles. The molecule has 5 nitrogen and oxygen atoms in total. The first-order valence-corrected chi connectivity index (χ1v) is 9.42. The van der Waals surface area contributed by atoms with E-state index in [2.05, 4.69) is 5.32 Å². The van der Waals surface area contributed by atoms with Crippen molar-refractivity contribution in [1.82, 2.24) is 5.32 Å². The number of rotatable bonds is 8. The predicted molar refractivity (Wildman–Crippen MR) is 108 cm³/mol. The fourth-order valence-corrected chi connectivity index (χ4v) is 2.76. The summed E-state index contributed by atoms with van der Waals surface area (Å²) in [7, 11) is 0. The van der Waals surface area contributed by atoms with Crippen LogP contribution in [0.2, 0.25) is 0 Å². The Bertz CT molecular complexity index is 812. The number of nitrogens with one attached hydrogen (secondary N) is 1. The number of carbonyl (C=O) groups is 3. The number of Topliss-reactive ketones (excluding diaryl/α,β-unsaturated/α-hetero) is 1. The lowest BCUT2D eigenvalue weighted by molar-refractivity contribution is -0.151. The first-order chi connectivity index (χ1) is 13.3. The Morgan fingerprint density at radius 2 is 1.54 bits per heavy atom. The van der Waals surface area contributed by atoms with Crippen molar-refractivity contribution in [3.05, 3.63) is 71.3 Å². The molecule has 0 aliphatic rings. The first-order valence-electron chi connectivity index (χ1n) is 9.42. The molecule has 0 saturated heterocycles. The summed E-state index contributed by atoms with van der Waals surface area (Å²) in [4.78, 5) is 37.4. The monoisotopic (exact) mass is 381 g/mol. The van der Waals surface area contributed by atoms with Gasteiger partial charge in [-0.2, -0.15) is 0 Å². The molecule has 2 aromatic carbocycles. The third-order valence-corrected chi connectivity index (χ3v) is 4.44. The standard InChI is InChI=1S/C23H27NO4/c1-15(2)21(24-20(25)14-18-8-6-5-7-9-18)23(27)28-17(4)22(26)19-12-10-16(3)11-13-19/h5-13,15,17,21H,14H2,1-4H3,(H,24,25)/t17-,21+/m1/s1. The number of aryl methyl sites for hydroxylation is 1. The molecule has 2 aromatic rings. The van der Waals surface area contributed by atoms with Crippen LogP contribution in [0.15, 0.2) is 54.6 Å². The van der Waals surface area contributed by atoms with Crippen LogP contribution in [0.25, 0.3) is 0 Å². The van der Waals surface area contributed by atoms with Gasteiger partial charge in [0.2, 0.25) is 11.7 Å². The predicted octanol–water partition coefficient (Wildman–Crippen LogP) is 3.49. The van der Waals surface area contributed by atoms with E-state index in [1.54, 1.807) is 19.1 Å². The summed E-state index contributed by atoms with van der Waals surface area (Å²) in [6, 6.07) is 15.6. The minimum Gasteiger partial charge on any atom is -0.453 e. The molecule has 0 aromatic heterocycles. The van der Waals surface area contributed by atoms with Crippen LogP contribution < -0.4 is 5.32 Å². The van der Waals surface area contributed by atoms with Gasteiger partial charge in [-0.3, -0.25) is 9.59 Å². The molecule has 2 rings (SSSR count). The summed E-state index contributed by atoms with van der Waals surface area (Å²) < 4.78 is 5.37. The number of hydrogen-bond acceptors (Lipinski definition) is 4. The Hall–Kier alpha value is -2.95. The summed E-state index contributed by atoms with van der Waals surface area (Å²) in [5.41, 5.74) is 2.39. The molecule has 5 heteroatoms. The van der Waals surface area contributed by atoms with Crippen molar-refractivity contribution in [2.75, 3.05) is 0 Å². The van der Waals surface area contributed by atoms with E-state index in [0.29, 0.717) is 5.56 Å². The number of ketones is 1. The Morgan fingerprint density at radius 1 is 0.929 bits per heavy atom. The van der Waals surface area contributed by atoms with E-state index < -0.39 is 18.1 Å². The number of carbonyl (C=O) groups excluding carboxylic acids is 3. The Morgan fingerprint density at radius 3 is 2.11 bits per heavy atom. The van der Waals surface area contributed by atoms with Gasteiger partial charge in [-0.1, -0.05) is 74.0 Å². The van der Waals surface area contributed by atoms with Crippen molar-refractivity contribution in [1.29, 1.82) is 0 Å². The highest BCUT2D eigenvalue weighted by Crippen LogP contribution is 2.12. The summed E-state index contributed by atoms with van der Waals surface area (Å²) in [6.45, 7) is 7.12. The van der Waals surface area contributed by atoms with E-state index in [4.69, 9.17) is 4.74 Å².